The van der Waals surface area contributed by atoms with Crippen molar-refractivity contribution in [1.29, 1.82) is 0 Å². The fourth-order valence-corrected chi connectivity index (χ4v) is 4.14. The second kappa shape index (κ2) is 9.22. The number of unbranched alkanes of at least 4 members (excludes halogenated alkanes) is 1. The van der Waals surface area contributed by atoms with Crippen LogP contribution in [0, 0.1) is 5.41 Å². The van der Waals surface area contributed by atoms with Gasteiger partial charge in [-0.05, 0) is 31.2 Å². The normalized spacial score (nSPS) is 20.8. The molecule has 1 atom stereocenters. The molecule has 28 heavy (non-hydrogen) atoms. The van der Waals surface area contributed by atoms with Gasteiger partial charge in [0.2, 0.25) is 5.91 Å². The van der Waals surface area contributed by atoms with Gasteiger partial charge in [0.25, 0.3) is 0 Å². The highest BCUT2D eigenvalue weighted by molar-refractivity contribution is 5.96. The number of hydrogen-bond acceptors (Lipinski definition) is 5. The number of imide groups is 1. The van der Waals surface area contributed by atoms with Crippen LogP contribution in [0.1, 0.15) is 57.4 Å². The van der Waals surface area contributed by atoms with Gasteiger partial charge in [-0.2, -0.15) is 0 Å². The molecule has 1 aliphatic carbocycles. The molecule has 0 aromatic heterocycles. The molecule has 1 aromatic carbocycles. The smallest absolute Gasteiger partial charge is 0.416 e. The van der Waals surface area contributed by atoms with Crippen LogP contribution in [-0.2, 0) is 25.5 Å². The minimum absolute atomic E-state index is 0.0123. The number of carbonyl (C=O) groups excluding carboxylic acids is 3. The Morgan fingerprint density at radius 1 is 1.21 bits per heavy atom. The number of hydrogen-bond donors (Lipinski definition) is 0. The number of benzene rings is 1. The quantitative estimate of drug-likeness (QED) is 0.500. The second-order valence-electron chi connectivity index (χ2n) is 7.84. The highest BCUT2D eigenvalue weighted by Gasteiger charge is 2.48. The van der Waals surface area contributed by atoms with E-state index in [0.29, 0.717) is 25.9 Å². The Morgan fingerprint density at radius 2 is 1.93 bits per heavy atom. The summed E-state index contributed by atoms with van der Waals surface area (Å²) in [5.41, 5.74) is 0.239. The molecule has 6 heteroatoms. The maximum absolute atomic E-state index is 13.1. The van der Waals surface area contributed by atoms with Crippen molar-refractivity contribution in [2.75, 3.05) is 13.2 Å². The number of rotatable bonds is 8. The first-order valence-electron chi connectivity index (χ1n) is 10.3. The Kier molecular flexibility index (Phi) is 6.70. The number of nitrogens with zero attached hydrogens (tertiary/aromatic N) is 1. The molecule has 2 fully saturated rings. The molecule has 152 valence electrons. The van der Waals surface area contributed by atoms with E-state index in [0.717, 1.165) is 31.2 Å². The molecule has 2 amide bonds. The van der Waals surface area contributed by atoms with Crippen molar-refractivity contribution in [3.8, 4) is 0 Å². The lowest BCUT2D eigenvalue weighted by atomic mass is 9.82. The van der Waals surface area contributed by atoms with Gasteiger partial charge in [0.15, 0.2) is 0 Å². The van der Waals surface area contributed by atoms with E-state index in [-0.39, 0.29) is 30.9 Å². The molecular formula is C22H29NO5. The Balaban J connectivity index is 1.69. The van der Waals surface area contributed by atoms with E-state index in [1.54, 1.807) is 0 Å². The molecule has 1 aromatic rings. The van der Waals surface area contributed by atoms with Gasteiger partial charge < -0.3 is 9.47 Å². The summed E-state index contributed by atoms with van der Waals surface area (Å²) in [5.74, 6) is -0.628. The number of ether oxygens (including phenoxy) is 2. The van der Waals surface area contributed by atoms with Crippen molar-refractivity contribution < 1.29 is 23.9 Å². The van der Waals surface area contributed by atoms with Gasteiger partial charge in [0.1, 0.15) is 6.61 Å². The molecule has 1 heterocycles. The maximum Gasteiger partial charge on any atom is 0.416 e. The molecule has 1 aliphatic heterocycles. The molecule has 3 rings (SSSR count). The van der Waals surface area contributed by atoms with Crippen molar-refractivity contribution in [2.45, 2.75) is 64.3 Å². The predicted octanol–water partition coefficient (Wildman–Crippen LogP) is 3.87. The minimum Gasteiger partial charge on any atom is -0.465 e. The summed E-state index contributed by atoms with van der Waals surface area (Å²) >= 11 is 0. The number of cyclic esters (lactones) is 1. The standard InChI is InChI=1S/C22H29NO5/c1-2-3-13-27-20(25)22(11-7-8-12-22)15-19(24)23-18(16-28-21(23)26)14-17-9-5-4-6-10-17/h4-6,9-10,18H,2-3,7-8,11-16H2,1H3/t18-/m1/s1. The lowest BCUT2D eigenvalue weighted by Gasteiger charge is -2.28. The first kappa shape index (κ1) is 20.4. The van der Waals surface area contributed by atoms with Crippen LogP contribution < -0.4 is 0 Å². The molecule has 0 spiro atoms. The van der Waals surface area contributed by atoms with Crippen LogP contribution in [0.25, 0.3) is 0 Å². The van der Waals surface area contributed by atoms with Crippen LogP contribution in [0.2, 0.25) is 0 Å². The van der Waals surface area contributed by atoms with Crippen molar-refractivity contribution >= 4 is 18.0 Å². The van der Waals surface area contributed by atoms with E-state index in [9.17, 15) is 14.4 Å². The van der Waals surface area contributed by atoms with Gasteiger partial charge in [-0.3, -0.25) is 9.59 Å². The third-order valence-corrected chi connectivity index (χ3v) is 5.76. The molecule has 0 bridgehead atoms. The van der Waals surface area contributed by atoms with E-state index in [1.807, 2.05) is 37.3 Å². The molecule has 6 nitrogen and oxygen atoms in total. The zero-order valence-corrected chi connectivity index (χ0v) is 16.5. The maximum atomic E-state index is 13.1. The number of esters is 1. The van der Waals surface area contributed by atoms with Crippen LogP contribution in [0.5, 0.6) is 0 Å². The summed E-state index contributed by atoms with van der Waals surface area (Å²) < 4.78 is 10.6. The van der Waals surface area contributed by atoms with E-state index < -0.39 is 11.5 Å². The van der Waals surface area contributed by atoms with Crippen LogP contribution in [0.3, 0.4) is 0 Å². The van der Waals surface area contributed by atoms with Gasteiger partial charge >= 0.3 is 12.1 Å². The van der Waals surface area contributed by atoms with Gasteiger partial charge in [-0.1, -0.05) is 56.5 Å². The average molecular weight is 387 g/mol. The summed E-state index contributed by atoms with van der Waals surface area (Å²) in [7, 11) is 0. The minimum atomic E-state index is -0.801. The molecule has 0 N–H and O–H groups in total. The second-order valence-corrected chi connectivity index (χ2v) is 7.84. The van der Waals surface area contributed by atoms with Crippen LogP contribution in [-0.4, -0.2) is 42.1 Å². The zero-order valence-electron chi connectivity index (χ0n) is 16.5. The first-order valence-corrected chi connectivity index (χ1v) is 10.3. The van der Waals surface area contributed by atoms with Crippen LogP contribution in [0.15, 0.2) is 30.3 Å². The lowest BCUT2D eigenvalue weighted by molar-refractivity contribution is -0.159. The van der Waals surface area contributed by atoms with Gasteiger partial charge in [0, 0.05) is 6.42 Å². The van der Waals surface area contributed by atoms with Crippen molar-refractivity contribution in [2.24, 2.45) is 5.41 Å². The Bertz CT molecular complexity index is 696. The molecular weight excluding hydrogens is 358 g/mol. The lowest BCUT2D eigenvalue weighted by Crippen LogP contribution is -2.44. The number of amides is 2. The largest absolute Gasteiger partial charge is 0.465 e. The third kappa shape index (κ3) is 4.54. The summed E-state index contributed by atoms with van der Waals surface area (Å²) in [6, 6.07) is 9.38. The van der Waals surface area contributed by atoms with Crippen molar-refractivity contribution in [3.63, 3.8) is 0 Å². The molecule has 0 unspecified atom stereocenters. The van der Waals surface area contributed by atoms with Crippen LogP contribution >= 0.6 is 0 Å². The van der Waals surface area contributed by atoms with E-state index in [1.165, 1.54) is 4.90 Å². The molecule has 2 aliphatic rings. The highest BCUT2D eigenvalue weighted by atomic mass is 16.6. The first-order chi connectivity index (χ1) is 13.6. The van der Waals surface area contributed by atoms with Crippen molar-refractivity contribution in [3.05, 3.63) is 35.9 Å². The predicted molar refractivity (Wildman–Crippen MR) is 104 cm³/mol. The Hall–Kier alpha value is -2.37. The molecule has 1 saturated heterocycles. The van der Waals surface area contributed by atoms with Crippen molar-refractivity contribution in [1.82, 2.24) is 4.90 Å². The summed E-state index contributed by atoms with van der Waals surface area (Å²) in [5, 5.41) is 0. The summed E-state index contributed by atoms with van der Waals surface area (Å²) in [4.78, 5) is 39.3. The number of carbonyl (C=O) groups is 3. The monoisotopic (exact) mass is 387 g/mol. The van der Waals surface area contributed by atoms with Crippen LogP contribution in [0.4, 0.5) is 4.79 Å². The van der Waals surface area contributed by atoms with Gasteiger partial charge in [-0.15, -0.1) is 0 Å². The van der Waals surface area contributed by atoms with Gasteiger partial charge in [0.05, 0.1) is 18.1 Å². The fourth-order valence-electron chi connectivity index (χ4n) is 4.14. The fraction of sp³-hybridized carbons (Fsp3) is 0.591. The average Bonchev–Trinajstić information content (AvgIpc) is 3.30. The van der Waals surface area contributed by atoms with Gasteiger partial charge in [-0.25, -0.2) is 9.69 Å². The van der Waals surface area contributed by atoms with E-state index in [2.05, 4.69) is 0 Å². The SMILES string of the molecule is CCCCOC(=O)C1(CC(=O)N2C(=O)OC[C@H]2Cc2ccccc2)CCCC1. The zero-order chi connectivity index (χ0) is 20.0. The third-order valence-electron chi connectivity index (χ3n) is 5.76. The Labute approximate surface area is 166 Å². The molecule has 1 saturated carbocycles. The molecule has 0 radical (unpaired) electrons. The summed E-state index contributed by atoms with van der Waals surface area (Å²) in [6.45, 7) is 2.61. The Morgan fingerprint density at radius 3 is 2.61 bits per heavy atom. The van der Waals surface area contributed by atoms with E-state index >= 15 is 0 Å². The summed E-state index contributed by atoms with van der Waals surface area (Å²) in [6.07, 6.45) is 4.77. The topological polar surface area (TPSA) is 72.9 Å². The highest BCUT2D eigenvalue weighted by Crippen LogP contribution is 2.43. The van der Waals surface area contributed by atoms with E-state index in [4.69, 9.17) is 9.47 Å².